The zero-order valence-electron chi connectivity index (χ0n) is 11.5. The van der Waals surface area contributed by atoms with Crippen LogP contribution in [0.3, 0.4) is 0 Å². The lowest BCUT2D eigenvalue weighted by Crippen LogP contribution is -2.15. The van der Waals surface area contributed by atoms with Crippen molar-refractivity contribution in [3.05, 3.63) is 42.6 Å². The Hall–Kier alpha value is -1.55. The summed E-state index contributed by atoms with van der Waals surface area (Å²) in [5.41, 5.74) is 1.67. The second kappa shape index (κ2) is 6.75. The number of hydrogen-bond donors (Lipinski definition) is 0. The van der Waals surface area contributed by atoms with Crippen LogP contribution in [0.1, 0.15) is 13.8 Å². The molecule has 0 amide bonds. The maximum absolute atomic E-state index is 12.7. The van der Waals surface area contributed by atoms with Crippen molar-refractivity contribution in [1.29, 1.82) is 0 Å². The number of nitrogens with zero attached hydrogens (tertiary/aromatic N) is 2. The Morgan fingerprint density at radius 2 is 1.70 bits per heavy atom. The van der Waals surface area contributed by atoms with Crippen LogP contribution in [0.5, 0.6) is 0 Å². The fourth-order valence-corrected chi connectivity index (χ4v) is 3.26. The molecular formula is C14H17N2O3P. The minimum atomic E-state index is -3.36. The van der Waals surface area contributed by atoms with Gasteiger partial charge in [-0.2, -0.15) is 0 Å². The van der Waals surface area contributed by atoms with Crippen molar-refractivity contribution in [1.82, 2.24) is 9.97 Å². The lowest BCUT2D eigenvalue weighted by atomic mass is 10.2. The first-order valence-corrected chi connectivity index (χ1v) is 8.02. The summed E-state index contributed by atoms with van der Waals surface area (Å²) in [6.07, 6.45) is 1.69. The Balaban J connectivity index is 2.41. The van der Waals surface area contributed by atoms with Crippen molar-refractivity contribution in [2.45, 2.75) is 13.8 Å². The van der Waals surface area contributed by atoms with Gasteiger partial charge in [0.1, 0.15) is 0 Å². The van der Waals surface area contributed by atoms with Gasteiger partial charge < -0.3 is 9.05 Å². The van der Waals surface area contributed by atoms with Crippen molar-refractivity contribution in [2.75, 3.05) is 13.2 Å². The third-order valence-electron chi connectivity index (χ3n) is 2.54. The summed E-state index contributed by atoms with van der Waals surface area (Å²) < 4.78 is 23.3. The molecule has 5 nitrogen and oxygen atoms in total. The smallest absolute Gasteiger partial charge is 0.304 e. The predicted octanol–water partition coefficient (Wildman–Crippen LogP) is 3.04. The van der Waals surface area contributed by atoms with Gasteiger partial charge in [-0.25, -0.2) is 4.98 Å². The van der Waals surface area contributed by atoms with E-state index in [4.69, 9.17) is 9.05 Å². The van der Waals surface area contributed by atoms with Crippen molar-refractivity contribution < 1.29 is 13.6 Å². The van der Waals surface area contributed by atoms with E-state index in [1.54, 1.807) is 32.2 Å². The standard InChI is InChI=1S/C14H17N2O3P/c1-3-18-20(17,19-4-2)14-10-7-9-13(16-14)12-8-5-6-11-15-12/h5-11H,3-4H2,1-2H3. The van der Waals surface area contributed by atoms with Gasteiger partial charge in [-0.3, -0.25) is 9.55 Å². The molecule has 0 saturated carbocycles. The molecule has 0 bridgehead atoms. The molecule has 0 unspecified atom stereocenters. The van der Waals surface area contributed by atoms with E-state index in [2.05, 4.69) is 9.97 Å². The maximum Gasteiger partial charge on any atom is 0.379 e. The number of aromatic nitrogens is 2. The molecule has 106 valence electrons. The monoisotopic (exact) mass is 292 g/mol. The predicted molar refractivity (Wildman–Crippen MR) is 78.0 cm³/mol. The minimum Gasteiger partial charge on any atom is -0.304 e. The molecule has 0 N–H and O–H groups in total. The lowest BCUT2D eigenvalue weighted by Gasteiger charge is -2.16. The molecule has 0 aliphatic carbocycles. The summed E-state index contributed by atoms with van der Waals surface area (Å²) in [5.74, 6) is 0. The SMILES string of the molecule is CCOP(=O)(OCC)c1cccc(-c2ccccn2)n1. The largest absolute Gasteiger partial charge is 0.379 e. The molecule has 6 heteroatoms. The third-order valence-corrected chi connectivity index (χ3v) is 4.55. The molecule has 0 saturated heterocycles. The molecule has 0 aliphatic rings. The molecule has 0 aromatic carbocycles. The van der Waals surface area contributed by atoms with Crippen LogP contribution in [-0.2, 0) is 13.6 Å². The summed E-state index contributed by atoms with van der Waals surface area (Å²) in [5, 5.41) is 0. The van der Waals surface area contributed by atoms with Gasteiger partial charge >= 0.3 is 7.60 Å². The summed E-state index contributed by atoms with van der Waals surface area (Å²) in [4.78, 5) is 8.61. The molecule has 0 radical (unpaired) electrons. The van der Waals surface area contributed by atoms with E-state index in [-0.39, 0.29) is 0 Å². The van der Waals surface area contributed by atoms with Crippen LogP contribution in [-0.4, -0.2) is 23.2 Å². The Morgan fingerprint density at radius 3 is 2.30 bits per heavy atom. The minimum absolute atomic E-state index is 0.298. The number of hydrogen-bond acceptors (Lipinski definition) is 5. The molecule has 0 spiro atoms. The molecule has 2 aromatic rings. The first-order valence-electron chi connectivity index (χ1n) is 6.47. The first kappa shape index (κ1) is 14.9. The van der Waals surface area contributed by atoms with Crippen LogP contribution < -0.4 is 5.44 Å². The van der Waals surface area contributed by atoms with Gasteiger partial charge in [-0.15, -0.1) is 0 Å². The van der Waals surface area contributed by atoms with E-state index < -0.39 is 7.60 Å². The highest BCUT2D eigenvalue weighted by molar-refractivity contribution is 7.61. The van der Waals surface area contributed by atoms with Crippen molar-refractivity contribution >= 4 is 13.0 Å². The van der Waals surface area contributed by atoms with E-state index in [0.717, 1.165) is 0 Å². The molecule has 0 aliphatic heterocycles. The van der Waals surface area contributed by atoms with E-state index >= 15 is 0 Å². The summed E-state index contributed by atoms with van der Waals surface area (Å²) in [6, 6.07) is 10.8. The van der Waals surface area contributed by atoms with Crippen LogP contribution in [0.4, 0.5) is 0 Å². The van der Waals surface area contributed by atoms with Gasteiger partial charge in [-0.1, -0.05) is 12.1 Å². The Bertz CT molecular complexity index is 594. The normalized spacial score (nSPS) is 11.5. The van der Waals surface area contributed by atoms with Crippen LogP contribution in [0.25, 0.3) is 11.4 Å². The van der Waals surface area contributed by atoms with Crippen molar-refractivity contribution in [3.8, 4) is 11.4 Å². The van der Waals surface area contributed by atoms with Gasteiger partial charge in [0, 0.05) is 6.20 Å². The molecule has 2 heterocycles. The second-order valence-corrected chi connectivity index (χ2v) is 5.90. The van der Waals surface area contributed by atoms with Crippen molar-refractivity contribution in [2.24, 2.45) is 0 Å². The average molecular weight is 292 g/mol. The summed E-state index contributed by atoms with van der Waals surface area (Å²) in [6.45, 7) is 4.14. The Labute approximate surface area is 118 Å². The van der Waals surface area contributed by atoms with Gasteiger partial charge in [0.25, 0.3) is 0 Å². The van der Waals surface area contributed by atoms with E-state index in [1.807, 2.05) is 24.3 Å². The highest BCUT2D eigenvalue weighted by atomic mass is 31.2. The van der Waals surface area contributed by atoms with Crippen molar-refractivity contribution in [3.63, 3.8) is 0 Å². The zero-order chi connectivity index (χ0) is 14.4. The highest BCUT2D eigenvalue weighted by Gasteiger charge is 2.28. The molecular weight excluding hydrogens is 275 g/mol. The lowest BCUT2D eigenvalue weighted by molar-refractivity contribution is 0.229. The zero-order valence-corrected chi connectivity index (χ0v) is 12.4. The summed E-state index contributed by atoms with van der Waals surface area (Å²) in [7, 11) is -3.36. The average Bonchev–Trinajstić information content (AvgIpc) is 2.49. The Morgan fingerprint density at radius 1 is 1.00 bits per heavy atom. The number of pyridine rings is 2. The molecule has 0 atom stereocenters. The quantitative estimate of drug-likeness (QED) is 0.766. The Kier molecular flexibility index (Phi) is 5.01. The van der Waals surface area contributed by atoms with Gasteiger partial charge in [0.15, 0.2) is 5.44 Å². The molecule has 2 rings (SSSR count). The fraction of sp³-hybridized carbons (Fsp3) is 0.286. The number of rotatable bonds is 6. The third kappa shape index (κ3) is 3.31. The topological polar surface area (TPSA) is 61.3 Å². The molecule has 2 aromatic heterocycles. The van der Waals surface area contributed by atoms with Gasteiger partial charge in [0.05, 0.1) is 24.6 Å². The molecule has 0 fully saturated rings. The fourth-order valence-electron chi connectivity index (χ4n) is 1.74. The van der Waals surface area contributed by atoms with Crippen LogP contribution in [0.15, 0.2) is 42.6 Å². The van der Waals surface area contributed by atoms with E-state index in [0.29, 0.717) is 30.0 Å². The summed E-state index contributed by atoms with van der Waals surface area (Å²) >= 11 is 0. The molecule has 20 heavy (non-hydrogen) atoms. The van der Waals surface area contributed by atoms with E-state index in [9.17, 15) is 4.57 Å². The first-order chi connectivity index (χ1) is 9.69. The van der Waals surface area contributed by atoms with Gasteiger partial charge in [0.2, 0.25) is 0 Å². The van der Waals surface area contributed by atoms with Crippen LogP contribution >= 0.6 is 7.60 Å². The van der Waals surface area contributed by atoms with E-state index in [1.165, 1.54) is 0 Å². The van der Waals surface area contributed by atoms with Gasteiger partial charge in [-0.05, 0) is 38.1 Å². The highest BCUT2D eigenvalue weighted by Crippen LogP contribution is 2.46. The second-order valence-electron chi connectivity index (χ2n) is 3.93. The van der Waals surface area contributed by atoms with Crippen LogP contribution in [0, 0.1) is 0 Å². The van der Waals surface area contributed by atoms with Crippen LogP contribution in [0.2, 0.25) is 0 Å². The maximum atomic E-state index is 12.7.